The Morgan fingerprint density at radius 3 is 3.00 bits per heavy atom. The van der Waals surface area contributed by atoms with Crippen LogP contribution in [0, 0.1) is 6.92 Å². The zero-order valence-electron chi connectivity index (χ0n) is 10.2. The summed E-state index contributed by atoms with van der Waals surface area (Å²) in [6.07, 6.45) is 4.20. The molecule has 1 N–H and O–H groups in total. The molecule has 0 radical (unpaired) electrons. The van der Waals surface area contributed by atoms with Crippen LogP contribution in [0.3, 0.4) is 0 Å². The summed E-state index contributed by atoms with van der Waals surface area (Å²) in [6, 6.07) is 4.06. The third-order valence-corrected chi connectivity index (χ3v) is 3.29. The van der Waals surface area contributed by atoms with Crippen molar-refractivity contribution in [3.8, 4) is 11.4 Å². The van der Waals surface area contributed by atoms with E-state index in [-0.39, 0.29) is 0 Å². The van der Waals surface area contributed by atoms with Crippen molar-refractivity contribution in [1.82, 2.24) is 9.97 Å². The maximum absolute atomic E-state index is 4.54. The summed E-state index contributed by atoms with van der Waals surface area (Å²) in [5.41, 5.74) is 3.12. The molecule has 0 aromatic carbocycles. The van der Waals surface area contributed by atoms with Gasteiger partial charge in [-0.15, -0.1) is 11.3 Å². The van der Waals surface area contributed by atoms with E-state index in [9.17, 15) is 0 Å². The van der Waals surface area contributed by atoms with Crippen molar-refractivity contribution in [2.24, 2.45) is 0 Å². The average molecular weight is 247 g/mol. The molecule has 0 bridgehead atoms. The minimum atomic E-state index is 0.949. The van der Waals surface area contributed by atoms with Crippen LogP contribution < -0.4 is 5.32 Å². The van der Waals surface area contributed by atoms with Crippen molar-refractivity contribution in [3.63, 3.8) is 0 Å². The van der Waals surface area contributed by atoms with Gasteiger partial charge in [-0.25, -0.2) is 4.98 Å². The zero-order valence-corrected chi connectivity index (χ0v) is 11.0. The molecule has 2 rings (SSSR count). The fraction of sp³-hybridized carbons (Fsp3) is 0.385. The Morgan fingerprint density at radius 2 is 2.24 bits per heavy atom. The van der Waals surface area contributed by atoms with Gasteiger partial charge in [-0.3, -0.25) is 4.98 Å². The lowest BCUT2D eigenvalue weighted by Crippen LogP contribution is -2.00. The number of rotatable bonds is 5. The largest absolute Gasteiger partial charge is 0.362 e. The van der Waals surface area contributed by atoms with E-state index < -0.39 is 0 Å². The van der Waals surface area contributed by atoms with E-state index in [0.717, 1.165) is 23.1 Å². The minimum Gasteiger partial charge on any atom is -0.362 e. The monoisotopic (exact) mass is 247 g/mol. The van der Waals surface area contributed by atoms with Crippen LogP contribution in [0.2, 0.25) is 0 Å². The zero-order chi connectivity index (χ0) is 12.1. The highest BCUT2D eigenvalue weighted by Gasteiger charge is 2.05. The quantitative estimate of drug-likeness (QED) is 0.818. The minimum absolute atomic E-state index is 0.949. The Labute approximate surface area is 106 Å². The standard InChI is InChI=1S/C13H17N3S/c1-3-4-6-15-13-16-12(9-17-13)11-8-10(2)5-7-14-11/h5,7-9H,3-4,6H2,1-2H3,(H,15,16). The smallest absolute Gasteiger partial charge is 0.183 e. The predicted molar refractivity (Wildman–Crippen MR) is 73.5 cm³/mol. The number of pyridine rings is 1. The second-order valence-electron chi connectivity index (χ2n) is 4.04. The summed E-state index contributed by atoms with van der Waals surface area (Å²) in [7, 11) is 0. The number of thiazole rings is 1. The van der Waals surface area contributed by atoms with Crippen molar-refractivity contribution in [2.45, 2.75) is 26.7 Å². The van der Waals surface area contributed by atoms with Crippen molar-refractivity contribution < 1.29 is 0 Å². The molecule has 2 aromatic heterocycles. The summed E-state index contributed by atoms with van der Waals surface area (Å²) in [4.78, 5) is 8.87. The topological polar surface area (TPSA) is 37.8 Å². The lowest BCUT2D eigenvalue weighted by atomic mass is 10.2. The van der Waals surface area contributed by atoms with Gasteiger partial charge < -0.3 is 5.32 Å². The normalized spacial score (nSPS) is 10.5. The van der Waals surface area contributed by atoms with Crippen molar-refractivity contribution in [1.29, 1.82) is 0 Å². The summed E-state index contributed by atoms with van der Waals surface area (Å²) in [5.74, 6) is 0. The molecule has 17 heavy (non-hydrogen) atoms. The van der Waals surface area contributed by atoms with Gasteiger partial charge in [0.2, 0.25) is 0 Å². The van der Waals surface area contributed by atoms with Gasteiger partial charge in [0.1, 0.15) is 5.69 Å². The molecule has 0 saturated heterocycles. The van der Waals surface area contributed by atoms with E-state index in [1.54, 1.807) is 11.3 Å². The average Bonchev–Trinajstić information content (AvgIpc) is 2.78. The van der Waals surface area contributed by atoms with Crippen LogP contribution in [0.4, 0.5) is 5.13 Å². The summed E-state index contributed by atoms with van der Waals surface area (Å²) >= 11 is 1.64. The Morgan fingerprint density at radius 1 is 1.35 bits per heavy atom. The van der Waals surface area contributed by atoms with Gasteiger partial charge in [-0.05, 0) is 31.0 Å². The summed E-state index contributed by atoms with van der Waals surface area (Å²) in [6.45, 7) is 5.24. The molecule has 2 aromatic rings. The fourth-order valence-electron chi connectivity index (χ4n) is 1.52. The van der Waals surface area contributed by atoms with Crippen LogP contribution in [0.15, 0.2) is 23.7 Å². The first kappa shape index (κ1) is 12.0. The molecule has 2 heterocycles. The van der Waals surface area contributed by atoms with E-state index in [4.69, 9.17) is 0 Å². The molecule has 0 fully saturated rings. The van der Waals surface area contributed by atoms with Crippen LogP contribution in [0.5, 0.6) is 0 Å². The number of unbranched alkanes of at least 4 members (excludes halogenated alkanes) is 1. The van der Waals surface area contributed by atoms with Crippen LogP contribution >= 0.6 is 11.3 Å². The Kier molecular flexibility index (Phi) is 4.09. The molecule has 0 spiro atoms. The second kappa shape index (κ2) is 5.77. The first-order chi connectivity index (χ1) is 8.29. The van der Waals surface area contributed by atoms with Gasteiger partial charge >= 0.3 is 0 Å². The van der Waals surface area contributed by atoms with Gasteiger partial charge in [0.15, 0.2) is 5.13 Å². The molecule has 0 saturated carbocycles. The van der Waals surface area contributed by atoms with E-state index in [0.29, 0.717) is 0 Å². The molecule has 4 heteroatoms. The summed E-state index contributed by atoms with van der Waals surface area (Å²) in [5, 5.41) is 6.36. The van der Waals surface area contributed by atoms with E-state index in [2.05, 4.69) is 40.6 Å². The fourth-order valence-corrected chi connectivity index (χ4v) is 2.25. The third-order valence-electron chi connectivity index (χ3n) is 2.49. The number of nitrogens with zero attached hydrogens (tertiary/aromatic N) is 2. The molecular weight excluding hydrogens is 230 g/mol. The third kappa shape index (κ3) is 3.27. The number of aryl methyl sites for hydroxylation is 1. The first-order valence-corrected chi connectivity index (χ1v) is 6.80. The van der Waals surface area contributed by atoms with Crippen molar-refractivity contribution in [3.05, 3.63) is 29.3 Å². The highest BCUT2D eigenvalue weighted by molar-refractivity contribution is 7.14. The lowest BCUT2D eigenvalue weighted by molar-refractivity contribution is 0.833. The van der Waals surface area contributed by atoms with Gasteiger partial charge in [0, 0.05) is 18.1 Å². The van der Waals surface area contributed by atoms with Gasteiger partial charge in [0.25, 0.3) is 0 Å². The van der Waals surface area contributed by atoms with Crippen LogP contribution in [-0.2, 0) is 0 Å². The highest BCUT2D eigenvalue weighted by Crippen LogP contribution is 2.23. The second-order valence-corrected chi connectivity index (χ2v) is 4.89. The number of nitrogens with one attached hydrogen (secondary N) is 1. The van der Waals surface area contributed by atoms with Crippen molar-refractivity contribution >= 4 is 16.5 Å². The molecule has 0 aliphatic rings. The molecule has 90 valence electrons. The Hall–Kier alpha value is -1.42. The Bertz CT molecular complexity index is 479. The molecular formula is C13H17N3S. The van der Waals surface area contributed by atoms with Gasteiger partial charge in [-0.1, -0.05) is 13.3 Å². The molecule has 0 amide bonds. The molecule has 0 aliphatic heterocycles. The SMILES string of the molecule is CCCCNc1nc(-c2cc(C)ccn2)cs1. The van der Waals surface area contributed by atoms with Gasteiger partial charge in [-0.2, -0.15) is 0 Å². The number of aromatic nitrogens is 2. The number of hydrogen-bond donors (Lipinski definition) is 1. The molecule has 0 atom stereocenters. The summed E-state index contributed by atoms with van der Waals surface area (Å²) < 4.78 is 0. The maximum Gasteiger partial charge on any atom is 0.183 e. The molecule has 0 unspecified atom stereocenters. The first-order valence-electron chi connectivity index (χ1n) is 5.92. The lowest BCUT2D eigenvalue weighted by Gasteiger charge is -1.99. The van der Waals surface area contributed by atoms with E-state index >= 15 is 0 Å². The van der Waals surface area contributed by atoms with Crippen LogP contribution in [-0.4, -0.2) is 16.5 Å². The molecule has 3 nitrogen and oxygen atoms in total. The van der Waals surface area contributed by atoms with Crippen molar-refractivity contribution in [2.75, 3.05) is 11.9 Å². The number of hydrogen-bond acceptors (Lipinski definition) is 4. The Balaban J connectivity index is 2.07. The van der Waals surface area contributed by atoms with Crippen LogP contribution in [0.1, 0.15) is 25.3 Å². The van der Waals surface area contributed by atoms with E-state index in [1.807, 2.05) is 12.3 Å². The molecule has 0 aliphatic carbocycles. The predicted octanol–water partition coefficient (Wildman–Crippen LogP) is 3.73. The van der Waals surface area contributed by atoms with Gasteiger partial charge in [0.05, 0.1) is 5.69 Å². The maximum atomic E-state index is 4.54. The number of anilines is 1. The van der Waals surface area contributed by atoms with E-state index in [1.165, 1.54) is 18.4 Å². The van der Waals surface area contributed by atoms with Crippen LogP contribution in [0.25, 0.3) is 11.4 Å². The highest BCUT2D eigenvalue weighted by atomic mass is 32.1.